The molecule has 0 spiro atoms. The van der Waals surface area contributed by atoms with Gasteiger partial charge in [0.05, 0.1) is 11.4 Å². The first kappa shape index (κ1) is 27.9. The molecule has 0 saturated carbocycles. The van der Waals surface area contributed by atoms with E-state index >= 15 is 0 Å². The van der Waals surface area contributed by atoms with Crippen LogP contribution in [0.4, 0.5) is 17.1 Å². The van der Waals surface area contributed by atoms with Gasteiger partial charge in [-0.2, -0.15) is 0 Å². The molecule has 0 N–H and O–H groups in total. The first-order valence-electron chi connectivity index (χ1n) is 16.6. The second kappa shape index (κ2) is 11.2. The number of hydrogen-bond donors (Lipinski definition) is 0. The molecule has 10 rings (SSSR count). The quantitative estimate of drug-likeness (QED) is 0.186. The third-order valence-corrected chi connectivity index (χ3v) is 10.8. The molecular weight excluding hydrogens is 615 g/mol. The normalized spacial score (nSPS) is 11.7. The Morgan fingerprint density at radius 1 is 0.408 bits per heavy atom. The van der Waals surface area contributed by atoms with Crippen LogP contribution in [0.1, 0.15) is 0 Å². The summed E-state index contributed by atoms with van der Waals surface area (Å²) < 4.78 is 8.85. The lowest BCUT2D eigenvalue weighted by Gasteiger charge is -2.29. The number of thiophene rings is 1. The van der Waals surface area contributed by atoms with E-state index in [-0.39, 0.29) is 0 Å². The molecule has 230 valence electrons. The SMILES string of the molecule is c1ccc(N(c2ccc(-c3cccc4oc5ccccc5c34)cc2)c2cccc3ccccc23)c(-c2ccc3c(c2)sc2ccccc23)c1. The van der Waals surface area contributed by atoms with Gasteiger partial charge in [-0.15, -0.1) is 11.3 Å². The third kappa shape index (κ3) is 4.55. The number of hydrogen-bond acceptors (Lipinski definition) is 3. The van der Waals surface area contributed by atoms with Crippen LogP contribution in [0.2, 0.25) is 0 Å². The Morgan fingerprint density at radius 3 is 1.96 bits per heavy atom. The van der Waals surface area contributed by atoms with Gasteiger partial charge in [0.15, 0.2) is 0 Å². The zero-order valence-corrected chi connectivity index (χ0v) is 27.3. The van der Waals surface area contributed by atoms with E-state index < -0.39 is 0 Å². The summed E-state index contributed by atoms with van der Waals surface area (Å²) in [6.07, 6.45) is 0. The molecule has 2 aromatic heterocycles. The molecule has 49 heavy (non-hydrogen) atoms. The van der Waals surface area contributed by atoms with Crippen molar-refractivity contribution in [3.05, 3.63) is 176 Å². The Labute approximate surface area is 287 Å². The molecule has 8 aromatic carbocycles. The maximum Gasteiger partial charge on any atom is 0.136 e. The number of furan rings is 1. The van der Waals surface area contributed by atoms with Crippen molar-refractivity contribution in [2.75, 3.05) is 4.90 Å². The summed E-state index contributed by atoms with van der Waals surface area (Å²) in [4.78, 5) is 2.42. The topological polar surface area (TPSA) is 16.4 Å². The highest BCUT2D eigenvalue weighted by atomic mass is 32.1. The van der Waals surface area contributed by atoms with E-state index in [1.165, 1.54) is 47.6 Å². The molecule has 10 aromatic rings. The van der Waals surface area contributed by atoms with Crippen LogP contribution in [-0.4, -0.2) is 0 Å². The molecule has 0 fully saturated rings. The number of rotatable bonds is 5. The molecule has 0 atom stereocenters. The number of fused-ring (bicyclic) bond motifs is 7. The maximum absolute atomic E-state index is 6.22. The van der Waals surface area contributed by atoms with E-state index in [9.17, 15) is 0 Å². The summed E-state index contributed by atoms with van der Waals surface area (Å²) in [5, 5.41) is 7.34. The molecule has 3 heteroatoms. The van der Waals surface area contributed by atoms with Gasteiger partial charge in [-0.05, 0) is 70.6 Å². The van der Waals surface area contributed by atoms with Gasteiger partial charge in [0, 0.05) is 47.6 Å². The summed E-state index contributed by atoms with van der Waals surface area (Å²) in [7, 11) is 0. The van der Waals surface area contributed by atoms with Crippen molar-refractivity contribution in [3.8, 4) is 22.3 Å². The highest BCUT2D eigenvalue weighted by molar-refractivity contribution is 7.25. The number of benzene rings is 8. The Morgan fingerprint density at radius 2 is 1.04 bits per heavy atom. The Balaban J connectivity index is 1.16. The molecule has 0 aliphatic rings. The zero-order valence-electron chi connectivity index (χ0n) is 26.5. The van der Waals surface area contributed by atoms with Crippen LogP contribution in [0.25, 0.3) is 75.1 Å². The average Bonchev–Trinajstić information content (AvgIpc) is 3.74. The highest BCUT2D eigenvalue weighted by Gasteiger charge is 2.20. The molecule has 0 amide bonds. The Hall–Kier alpha value is -6.16. The first-order chi connectivity index (χ1) is 24.3. The van der Waals surface area contributed by atoms with Crippen LogP contribution in [0.3, 0.4) is 0 Å². The van der Waals surface area contributed by atoms with Gasteiger partial charge in [-0.1, -0.05) is 127 Å². The molecule has 0 unspecified atom stereocenters. The van der Waals surface area contributed by atoms with Crippen LogP contribution in [-0.2, 0) is 0 Å². The minimum Gasteiger partial charge on any atom is -0.456 e. The van der Waals surface area contributed by atoms with E-state index in [2.05, 4.69) is 169 Å². The summed E-state index contributed by atoms with van der Waals surface area (Å²) in [5.41, 5.74) is 9.91. The molecule has 2 heterocycles. The third-order valence-electron chi connectivity index (χ3n) is 9.68. The minimum atomic E-state index is 0.907. The largest absolute Gasteiger partial charge is 0.456 e. The van der Waals surface area contributed by atoms with Gasteiger partial charge in [0.1, 0.15) is 11.2 Å². The van der Waals surface area contributed by atoms with Crippen molar-refractivity contribution < 1.29 is 4.42 Å². The van der Waals surface area contributed by atoms with Gasteiger partial charge in [-0.3, -0.25) is 0 Å². The monoisotopic (exact) mass is 643 g/mol. The Kier molecular flexibility index (Phi) is 6.39. The van der Waals surface area contributed by atoms with Crippen molar-refractivity contribution in [2.45, 2.75) is 0 Å². The summed E-state index contributed by atoms with van der Waals surface area (Å²) >= 11 is 1.86. The Bertz CT molecular complexity index is 2840. The van der Waals surface area contributed by atoms with Crippen molar-refractivity contribution in [1.82, 2.24) is 0 Å². The molecule has 0 saturated heterocycles. The van der Waals surface area contributed by atoms with Crippen molar-refractivity contribution in [2.24, 2.45) is 0 Å². The van der Waals surface area contributed by atoms with Crippen molar-refractivity contribution >= 4 is 81.3 Å². The van der Waals surface area contributed by atoms with Gasteiger partial charge in [0.25, 0.3) is 0 Å². The second-order valence-electron chi connectivity index (χ2n) is 12.5. The molecular formula is C46H29NOS. The van der Waals surface area contributed by atoms with Gasteiger partial charge >= 0.3 is 0 Å². The van der Waals surface area contributed by atoms with Crippen molar-refractivity contribution in [1.29, 1.82) is 0 Å². The number of nitrogens with zero attached hydrogens (tertiary/aromatic N) is 1. The lowest BCUT2D eigenvalue weighted by molar-refractivity contribution is 0.669. The van der Waals surface area contributed by atoms with E-state index in [4.69, 9.17) is 4.42 Å². The van der Waals surface area contributed by atoms with E-state index in [1.807, 2.05) is 23.5 Å². The predicted molar refractivity (Wildman–Crippen MR) is 210 cm³/mol. The smallest absolute Gasteiger partial charge is 0.136 e. The first-order valence-corrected chi connectivity index (χ1v) is 17.4. The van der Waals surface area contributed by atoms with Gasteiger partial charge in [0.2, 0.25) is 0 Å². The predicted octanol–water partition coefficient (Wildman–Crippen LogP) is 13.9. The molecule has 0 aliphatic carbocycles. The standard InChI is InChI=1S/C46H29NOS/c1-2-13-34-30(11-1)12-9-19-41(34)47(33-26-23-31(24-27-33)36-17-10-21-43-46(36)39-16-4-7-20-42(39)48-43)40-18-6-3-14-35(40)32-25-28-38-37-15-5-8-22-44(37)49-45(38)29-32/h1-29H. The van der Waals surface area contributed by atoms with Gasteiger partial charge in [-0.25, -0.2) is 0 Å². The fourth-order valence-electron chi connectivity index (χ4n) is 7.42. The van der Waals surface area contributed by atoms with Crippen molar-refractivity contribution in [3.63, 3.8) is 0 Å². The minimum absolute atomic E-state index is 0.907. The fourth-order valence-corrected chi connectivity index (χ4v) is 8.57. The molecule has 0 bridgehead atoms. The summed E-state index contributed by atoms with van der Waals surface area (Å²) in [5.74, 6) is 0. The van der Waals surface area contributed by atoms with Crippen LogP contribution in [0.15, 0.2) is 180 Å². The number of para-hydroxylation sites is 2. The molecule has 0 radical (unpaired) electrons. The zero-order chi connectivity index (χ0) is 32.3. The van der Waals surface area contributed by atoms with Crippen LogP contribution in [0, 0.1) is 0 Å². The highest BCUT2D eigenvalue weighted by Crippen LogP contribution is 2.45. The lowest BCUT2D eigenvalue weighted by atomic mass is 9.97. The van der Waals surface area contributed by atoms with Crippen LogP contribution < -0.4 is 4.90 Å². The van der Waals surface area contributed by atoms with Crippen LogP contribution in [0.5, 0.6) is 0 Å². The van der Waals surface area contributed by atoms with E-state index in [1.54, 1.807) is 0 Å². The molecule has 2 nitrogen and oxygen atoms in total. The van der Waals surface area contributed by atoms with Crippen LogP contribution >= 0.6 is 11.3 Å². The average molecular weight is 644 g/mol. The fraction of sp³-hybridized carbons (Fsp3) is 0. The summed E-state index contributed by atoms with van der Waals surface area (Å²) in [6, 6.07) is 63.3. The van der Waals surface area contributed by atoms with E-state index in [0.717, 1.165) is 44.6 Å². The number of anilines is 3. The lowest BCUT2D eigenvalue weighted by Crippen LogP contribution is -2.11. The van der Waals surface area contributed by atoms with Gasteiger partial charge < -0.3 is 9.32 Å². The van der Waals surface area contributed by atoms with E-state index in [0.29, 0.717) is 0 Å². The maximum atomic E-state index is 6.22. The summed E-state index contributed by atoms with van der Waals surface area (Å²) in [6.45, 7) is 0. The molecule has 0 aliphatic heterocycles. The second-order valence-corrected chi connectivity index (χ2v) is 13.6.